The van der Waals surface area contributed by atoms with Crippen LogP contribution in [-0.2, 0) is 4.74 Å². The molecule has 57 heavy (non-hydrogen) atoms. The molecule has 20 heteroatoms. The average Bonchev–Trinajstić information content (AvgIpc) is 3.16. The highest BCUT2D eigenvalue weighted by Crippen LogP contribution is 2.42. The highest BCUT2D eigenvalue weighted by molar-refractivity contribution is 5.98. The van der Waals surface area contributed by atoms with Crippen LogP contribution in [0.25, 0.3) is 0 Å². The van der Waals surface area contributed by atoms with E-state index in [0.717, 1.165) is 37.4 Å². The summed E-state index contributed by atoms with van der Waals surface area (Å²) in [5.74, 6) is -19.2. The molecule has 5 rings (SSSR count). The van der Waals surface area contributed by atoms with Crippen molar-refractivity contribution in [3.05, 3.63) is 94.0 Å². The van der Waals surface area contributed by atoms with Gasteiger partial charge in [-0.3, -0.25) is 0 Å². The van der Waals surface area contributed by atoms with Crippen molar-refractivity contribution in [1.29, 1.82) is 0 Å². The predicted octanol–water partition coefficient (Wildman–Crippen LogP) is 3.71. The molecule has 0 aliphatic heterocycles. The lowest BCUT2D eigenvalue weighted by atomic mass is 10.1. The van der Waals surface area contributed by atoms with Crippen LogP contribution in [0.5, 0.6) is 80.5 Å². The molecular weight excluding hydrogens is 764 g/mol. The molecule has 0 saturated carbocycles. The number of carbonyl (C=O) groups excluding carboxylic acids is 5. The Balaban J connectivity index is 1.37. The maximum atomic E-state index is 13.1. The Bertz CT molecular complexity index is 2500. The third kappa shape index (κ3) is 8.18. The van der Waals surface area contributed by atoms with Crippen molar-refractivity contribution in [3.63, 3.8) is 0 Å². The molecule has 0 radical (unpaired) electrons. The first-order valence-electron chi connectivity index (χ1n) is 15.5. The summed E-state index contributed by atoms with van der Waals surface area (Å²) < 4.78 is 24.7. The zero-order chi connectivity index (χ0) is 42.0. The van der Waals surface area contributed by atoms with Gasteiger partial charge in [-0.05, 0) is 73.2 Å². The number of phenols is 10. The quantitative estimate of drug-likeness (QED) is 0.0577. The van der Waals surface area contributed by atoms with Crippen molar-refractivity contribution in [3.8, 4) is 80.5 Å². The summed E-state index contributed by atoms with van der Waals surface area (Å²) in [6, 6.07) is 7.65. The first kappa shape index (κ1) is 39.7. The number of esters is 5. The molecular formula is C37H26O20. The second-order valence-electron chi connectivity index (χ2n) is 11.6. The molecule has 0 unspecified atom stereocenters. The third-order valence-electron chi connectivity index (χ3n) is 7.67. The molecule has 10 N–H and O–H groups in total. The second-order valence-corrected chi connectivity index (χ2v) is 11.6. The standard InChI is InChI=1S/C37H26O20/c1-13-3-14(4-19(38)28(13)43)34(49)54-25-10-16(6-21(40)30(25)45)36(51)56-27-12-18(8-23(42)32(27)47)37(52)57-26-11-17(7-22(41)31(26)46)35(50)55-24-9-15(33(48)53-2)5-20(39)29(24)44/h3-12,38-47H,1-2H3. The zero-order valence-corrected chi connectivity index (χ0v) is 28.8. The molecule has 0 aliphatic carbocycles. The van der Waals surface area contributed by atoms with Gasteiger partial charge in [-0.2, -0.15) is 0 Å². The summed E-state index contributed by atoms with van der Waals surface area (Å²) in [7, 11) is 1.02. The molecule has 0 spiro atoms. The Kier molecular flexibility index (Phi) is 10.7. The van der Waals surface area contributed by atoms with E-state index >= 15 is 0 Å². The van der Waals surface area contributed by atoms with Gasteiger partial charge in [0, 0.05) is 0 Å². The normalized spacial score (nSPS) is 10.6. The Hall–Kier alpha value is -8.55. The SMILES string of the molecule is COC(=O)c1cc(O)c(O)c(OC(=O)c2cc(O)c(O)c(OC(=O)c3cc(O)c(O)c(OC(=O)c4cc(O)c(O)c(OC(=O)c5cc(C)c(O)c(O)c5)c4)c3)c2)c1. The lowest BCUT2D eigenvalue weighted by Crippen LogP contribution is -2.13. The maximum Gasteiger partial charge on any atom is 0.343 e. The monoisotopic (exact) mass is 790 g/mol. The van der Waals surface area contributed by atoms with Gasteiger partial charge >= 0.3 is 29.8 Å². The van der Waals surface area contributed by atoms with E-state index in [4.69, 9.17) is 18.9 Å². The van der Waals surface area contributed by atoms with E-state index in [0.29, 0.717) is 30.3 Å². The Morgan fingerprint density at radius 2 is 0.579 bits per heavy atom. The van der Waals surface area contributed by atoms with Crippen molar-refractivity contribution in [1.82, 2.24) is 0 Å². The summed E-state index contributed by atoms with van der Waals surface area (Å²) >= 11 is 0. The van der Waals surface area contributed by atoms with Gasteiger partial charge in [0.05, 0.1) is 34.9 Å². The van der Waals surface area contributed by atoms with Gasteiger partial charge in [0.25, 0.3) is 0 Å². The predicted molar refractivity (Wildman–Crippen MR) is 185 cm³/mol. The number of hydrogen-bond donors (Lipinski definition) is 10. The van der Waals surface area contributed by atoms with Crippen LogP contribution < -0.4 is 18.9 Å². The van der Waals surface area contributed by atoms with Crippen molar-refractivity contribution in [2.75, 3.05) is 7.11 Å². The number of aromatic hydroxyl groups is 10. The van der Waals surface area contributed by atoms with Crippen LogP contribution >= 0.6 is 0 Å². The first-order valence-corrected chi connectivity index (χ1v) is 15.5. The van der Waals surface area contributed by atoms with Crippen LogP contribution in [0.4, 0.5) is 0 Å². The van der Waals surface area contributed by atoms with Gasteiger partial charge in [0.2, 0.25) is 23.0 Å². The summed E-state index contributed by atoms with van der Waals surface area (Å²) in [6.07, 6.45) is 0. The minimum atomic E-state index is -1.47. The number of aryl methyl sites for hydroxylation is 1. The van der Waals surface area contributed by atoms with E-state index in [1.165, 1.54) is 6.92 Å². The third-order valence-corrected chi connectivity index (χ3v) is 7.67. The van der Waals surface area contributed by atoms with Crippen LogP contribution in [0.1, 0.15) is 57.4 Å². The summed E-state index contributed by atoms with van der Waals surface area (Å²) in [4.78, 5) is 63.7. The molecule has 5 aromatic rings. The number of rotatable bonds is 9. The molecule has 0 heterocycles. The maximum absolute atomic E-state index is 13.1. The number of benzene rings is 5. The molecule has 0 aliphatic rings. The van der Waals surface area contributed by atoms with Crippen molar-refractivity contribution in [2.45, 2.75) is 6.92 Å². The smallest absolute Gasteiger partial charge is 0.343 e. The average molecular weight is 791 g/mol. The van der Waals surface area contributed by atoms with Crippen LogP contribution in [0.3, 0.4) is 0 Å². The highest BCUT2D eigenvalue weighted by atomic mass is 16.6. The number of phenolic OH excluding ortho intramolecular Hbond substituents is 10. The Morgan fingerprint density at radius 3 is 0.825 bits per heavy atom. The van der Waals surface area contributed by atoms with E-state index in [1.54, 1.807) is 0 Å². The van der Waals surface area contributed by atoms with E-state index in [1.807, 2.05) is 0 Å². The topological polar surface area (TPSA) is 334 Å². The molecule has 0 amide bonds. The molecule has 294 valence electrons. The number of carbonyl (C=O) groups is 5. The molecule has 5 aromatic carbocycles. The van der Waals surface area contributed by atoms with Crippen molar-refractivity contribution in [2.24, 2.45) is 0 Å². The van der Waals surface area contributed by atoms with Gasteiger partial charge in [-0.15, -0.1) is 0 Å². The summed E-state index contributed by atoms with van der Waals surface area (Å²) in [5.41, 5.74) is -2.51. The fraction of sp³-hybridized carbons (Fsp3) is 0.0541. The van der Waals surface area contributed by atoms with E-state index in [2.05, 4.69) is 4.74 Å². The summed E-state index contributed by atoms with van der Waals surface area (Å²) in [5, 5.41) is 101. The molecule has 0 fully saturated rings. The molecule has 0 atom stereocenters. The fourth-order valence-electron chi connectivity index (χ4n) is 4.79. The number of methoxy groups -OCH3 is 1. The Morgan fingerprint density at radius 1 is 0.351 bits per heavy atom. The molecule has 0 aromatic heterocycles. The van der Waals surface area contributed by atoms with E-state index in [-0.39, 0.29) is 16.7 Å². The number of hydrogen-bond acceptors (Lipinski definition) is 20. The molecule has 20 nitrogen and oxygen atoms in total. The fourth-order valence-corrected chi connectivity index (χ4v) is 4.79. The molecule has 0 bridgehead atoms. The van der Waals surface area contributed by atoms with Crippen LogP contribution in [0.2, 0.25) is 0 Å². The Labute approximate surface area is 317 Å². The van der Waals surface area contributed by atoms with E-state index < -0.39 is 127 Å². The van der Waals surface area contributed by atoms with Crippen molar-refractivity contribution < 1.29 is 98.7 Å². The van der Waals surface area contributed by atoms with Crippen molar-refractivity contribution >= 4 is 29.8 Å². The minimum absolute atomic E-state index is 0.0785. The van der Waals surface area contributed by atoms with E-state index in [9.17, 15) is 75.0 Å². The van der Waals surface area contributed by atoms with Gasteiger partial charge < -0.3 is 74.7 Å². The van der Waals surface area contributed by atoms with Crippen LogP contribution in [0, 0.1) is 6.92 Å². The first-order chi connectivity index (χ1) is 26.8. The summed E-state index contributed by atoms with van der Waals surface area (Å²) in [6.45, 7) is 1.36. The van der Waals surface area contributed by atoms with Gasteiger partial charge in [0.15, 0.2) is 57.5 Å². The minimum Gasteiger partial charge on any atom is -0.504 e. The van der Waals surface area contributed by atoms with Crippen LogP contribution in [0.15, 0.2) is 60.7 Å². The van der Waals surface area contributed by atoms with Gasteiger partial charge in [-0.1, -0.05) is 0 Å². The van der Waals surface area contributed by atoms with Gasteiger partial charge in [-0.25, -0.2) is 24.0 Å². The van der Waals surface area contributed by atoms with Gasteiger partial charge in [0.1, 0.15) is 0 Å². The lowest BCUT2D eigenvalue weighted by molar-refractivity contribution is 0.0596. The number of ether oxygens (including phenoxy) is 5. The second kappa shape index (κ2) is 15.4. The lowest BCUT2D eigenvalue weighted by Gasteiger charge is -2.13. The zero-order valence-electron chi connectivity index (χ0n) is 28.8. The highest BCUT2D eigenvalue weighted by Gasteiger charge is 2.26. The largest absolute Gasteiger partial charge is 0.504 e. The molecule has 0 saturated heterocycles. The van der Waals surface area contributed by atoms with Crippen LogP contribution in [-0.4, -0.2) is 88.0 Å².